The molecular formula is C25H26N4O4S. The van der Waals surface area contributed by atoms with Crippen LogP contribution >= 0.6 is 0 Å². The molecule has 176 valence electrons. The number of nitrogens with one attached hydrogen (secondary N) is 1. The van der Waals surface area contributed by atoms with Gasteiger partial charge in [0.2, 0.25) is 11.8 Å². The van der Waals surface area contributed by atoms with Crippen molar-refractivity contribution >= 4 is 21.9 Å². The number of aryl methyl sites for hydroxylation is 2. The standard InChI is InChI=1S/C25H26N4O4S/c1-15-7-5-8-16(2)22(15)20-12-21-27-24(26-20)28-34(31,32)19-10-6-9-17(11-19)23(30)29-14-18(33-21)13-25(29,3)4/h5-12,18H,13-14H2,1-4H3,(H,26,27,28). The monoisotopic (exact) mass is 478 g/mol. The molecule has 3 aromatic rings. The third-order valence-corrected chi connectivity index (χ3v) is 7.76. The van der Waals surface area contributed by atoms with Gasteiger partial charge in [-0.05, 0) is 57.0 Å². The lowest BCUT2D eigenvalue weighted by atomic mass is 10.00. The van der Waals surface area contributed by atoms with Gasteiger partial charge >= 0.3 is 0 Å². The molecule has 2 aromatic carbocycles. The van der Waals surface area contributed by atoms with Crippen LogP contribution in [-0.4, -0.2) is 47.4 Å². The number of hydrogen-bond acceptors (Lipinski definition) is 6. The number of rotatable bonds is 1. The number of nitrogens with zero attached hydrogens (tertiary/aromatic N) is 3. The van der Waals surface area contributed by atoms with Gasteiger partial charge in [-0.25, -0.2) is 18.1 Å². The molecule has 0 saturated carbocycles. The quantitative estimate of drug-likeness (QED) is 0.568. The maximum atomic E-state index is 13.3. The van der Waals surface area contributed by atoms with E-state index in [9.17, 15) is 13.2 Å². The maximum absolute atomic E-state index is 13.3. The number of carbonyl (C=O) groups excluding carboxylic acids is 1. The van der Waals surface area contributed by atoms with Crippen molar-refractivity contribution in [2.45, 2.75) is 50.7 Å². The number of sulfonamides is 1. The smallest absolute Gasteiger partial charge is 0.264 e. The summed E-state index contributed by atoms with van der Waals surface area (Å²) >= 11 is 0. The lowest BCUT2D eigenvalue weighted by Crippen LogP contribution is -2.42. The van der Waals surface area contributed by atoms with E-state index < -0.39 is 15.6 Å². The summed E-state index contributed by atoms with van der Waals surface area (Å²) in [5.74, 6) is -0.0620. The van der Waals surface area contributed by atoms with Crippen LogP contribution in [0, 0.1) is 13.8 Å². The Bertz CT molecular complexity index is 1400. The lowest BCUT2D eigenvalue weighted by molar-refractivity contribution is 0.0643. The molecule has 2 aliphatic rings. The van der Waals surface area contributed by atoms with Crippen LogP contribution in [0.5, 0.6) is 5.88 Å². The molecule has 1 N–H and O–H groups in total. The van der Waals surface area contributed by atoms with Gasteiger partial charge in [0.15, 0.2) is 0 Å². The second kappa shape index (κ2) is 7.80. The lowest BCUT2D eigenvalue weighted by Gasteiger charge is -2.31. The van der Waals surface area contributed by atoms with Gasteiger partial charge in [0.1, 0.15) is 6.10 Å². The van der Waals surface area contributed by atoms with Gasteiger partial charge in [-0.1, -0.05) is 24.3 Å². The van der Waals surface area contributed by atoms with Crippen molar-refractivity contribution in [2.24, 2.45) is 0 Å². The molecule has 8 nitrogen and oxygen atoms in total. The zero-order valence-corrected chi connectivity index (χ0v) is 20.3. The molecule has 5 rings (SSSR count). The summed E-state index contributed by atoms with van der Waals surface area (Å²) in [6.07, 6.45) is 0.315. The number of carbonyl (C=O) groups is 1. The number of benzene rings is 2. The molecule has 34 heavy (non-hydrogen) atoms. The fourth-order valence-electron chi connectivity index (χ4n) is 4.80. The van der Waals surface area contributed by atoms with Crippen LogP contribution < -0.4 is 9.46 Å². The summed E-state index contributed by atoms with van der Waals surface area (Å²) in [5.41, 5.74) is 3.30. The summed E-state index contributed by atoms with van der Waals surface area (Å²) in [4.78, 5) is 23.9. The minimum atomic E-state index is -4.04. The van der Waals surface area contributed by atoms with Gasteiger partial charge in [-0.3, -0.25) is 4.79 Å². The summed E-state index contributed by atoms with van der Waals surface area (Å²) in [5, 5.41) is 0. The Morgan fingerprint density at radius 3 is 2.50 bits per heavy atom. The second-order valence-corrected chi connectivity index (χ2v) is 11.2. The molecule has 9 heteroatoms. The molecule has 0 radical (unpaired) electrons. The van der Waals surface area contributed by atoms with Crippen molar-refractivity contribution in [1.29, 1.82) is 0 Å². The topological polar surface area (TPSA) is 101 Å². The third kappa shape index (κ3) is 3.90. The van der Waals surface area contributed by atoms with Crippen molar-refractivity contribution in [2.75, 3.05) is 11.3 Å². The summed E-state index contributed by atoms with van der Waals surface area (Å²) < 4.78 is 35.1. The summed E-state index contributed by atoms with van der Waals surface area (Å²) in [6.45, 7) is 8.29. The van der Waals surface area contributed by atoms with Crippen LogP contribution in [0.15, 0.2) is 53.4 Å². The Morgan fingerprint density at radius 1 is 1.06 bits per heavy atom. The van der Waals surface area contributed by atoms with Crippen molar-refractivity contribution in [1.82, 2.24) is 14.9 Å². The zero-order chi connectivity index (χ0) is 24.3. The van der Waals surface area contributed by atoms with E-state index in [4.69, 9.17) is 4.74 Å². The fraction of sp³-hybridized carbons (Fsp3) is 0.320. The molecule has 1 amide bonds. The number of amides is 1. The fourth-order valence-corrected chi connectivity index (χ4v) is 5.79. The van der Waals surface area contributed by atoms with Crippen LogP contribution in [0.1, 0.15) is 41.8 Å². The largest absolute Gasteiger partial charge is 0.472 e. The van der Waals surface area contributed by atoms with Crippen LogP contribution in [0.4, 0.5) is 5.95 Å². The molecule has 0 spiro atoms. The van der Waals surface area contributed by atoms with Gasteiger partial charge in [0.05, 0.1) is 17.1 Å². The first kappa shape index (κ1) is 22.3. The predicted molar refractivity (Wildman–Crippen MR) is 128 cm³/mol. The molecule has 1 aromatic heterocycles. The first-order valence-electron chi connectivity index (χ1n) is 11.1. The molecule has 1 atom stereocenters. The van der Waals surface area contributed by atoms with E-state index >= 15 is 0 Å². The number of ether oxygens (including phenoxy) is 1. The average molecular weight is 479 g/mol. The Hall–Kier alpha value is -3.46. The molecule has 0 aliphatic carbocycles. The second-order valence-electron chi connectivity index (χ2n) is 9.49. The highest BCUT2D eigenvalue weighted by molar-refractivity contribution is 7.92. The van der Waals surface area contributed by atoms with Gasteiger partial charge in [-0.15, -0.1) is 0 Å². The maximum Gasteiger partial charge on any atom is 0.264 e. The van der Waals surface area contributed by atoms with E-state index in [-0.39, 0.29) is 28.7 Å². The van der Waals surface area contributed by atoms with Gasteiger partial charge in [0, 0.05) is 29.2 Å². The van der Waals surface area contributed by atoms with E-state index in [1.54, 1.807) is 23.1 Å². The Labute approximate surface area is 199 Å². The zero-order valence-electron chi connectivity index (χ0n) is 19.5. The summed E-state index contributed by atoms with van der Waals surface area (Å²) in [7, 11) is -4.04. The molecule has 1 unspecified atom stereocenters. The van der Waals surface area contributed by atoms with Crippen molar-refractivity contribution in [3.63, 3.8) is 0 Å². The van der Waals surface area contributed by atoms with E-state index in [1.165, 1.54) is 12.1 Å². The summed E-state index contributed by atoms with van der Waals surface area (Å²) in [6, 6.07) is 13.7. The Balaban J connectivity index is 1.70. The Kier molecular flexibility index (Phi) is 5.12. The normalized spacial score (nSPS) is 20.4. The highest BCUT2D eigenvalue weighted by atomic mass is 32.2. The minimum absolute atomic E-state index is 0.0327. The van der Waals surface area contributed by atoms with Crippen LogP contribution in [-0.2, 0) is 10.0 Å². The van der Waals surface area contributed by atoms with Crippen LogP contribution in [0.25, 0.3) is 11.3 Å². The van der Waals surface area contributed by atoms with Crippen LogP contribution in [0.2, 0.25) is 0 Å². The molecule has 2 aliphatic heterocycles. The molecule has 1 saturated heterocycles. The first-order valence-corrected chi connectivity index (χ1v) is 12.6. The molecule has 3 heterocycles. The van der Waals surface area contributed by atoms with Gasteiger partial charge in [-0.2, -0.15) is 4.98 Å². The molecular weight excluding hydrogens is 452 g/mol. The number of hydrogen-bond donors (Lipinski definition) is 1. The van der Waals surface area contributed by atoms with E-state index in [1.807, 2.05) is 45.9 Å². The average Bonchev–Trinajstić information content (AvgIpc) is 3.05. The number of anilines is 1. The highest BCUT2D eigenvalue weighted by Gasteiger charge is 2.43. The first-order chi connectivity index (χ1) is 16.0. The van der Waals surface area contributed by atoms with E-state index in [0.717, 1.165) is 16.7 Å². The SMILES string of the molecule is Cc1cccc(C)c1-c1cc2nc(n1)NS(=O)(=O)c1cccc(c1)C(=O)N1CC(CC1(C)C)O2. The predicted octanol–water partition coefficient (Wildman–Crippen LogP) is 3.95. The number of aromatic nitrogens is 2. The van der Waals surface area contributed by atoms with E-state index in [0.29, 0.717) is 24.2 Å². The van der Waals surface area contributed by atoms with Crippen LogP contribution in [0.3, 0.4) is 0 Å². The van der Waals surface area contributed by atoms with Crippen molar-refractivity contribution in [3.8, 4) is 17.1 Å². The molecule has 6 bridgehead atoms. The van der Waals surface area contributed by atoms with Crippen molar-refractivity contribution in [3.05, 3.63) is 65.2 Å². The van der Waals surface area contributed by atoms with Gasteiger partial charge < -0.3 is 9.64 Å². The minimum Gasteiger partial charge on any atom is -0.472 e. The van der Waals surface area contributed by atoms with Crippen molar-refractivity contribution < 1.29 is 17.9 Å². The Morgan fingerprint density at radius 2 is 1.76 bits per heavy atom. The molecule has 1 fully saturated rings. The highest BCUT2D eigenvalue weighted by Crippen LogP contribution is 2.35. The number of fused-ring (bicyclic) bond motifs is 6. The third-order valence-electron chi connectivity index (χ3n) is 6.43. The van der Waals surface area contributed by atoms with Gasteiger partial charge in [0.25, 0.3) is 15.9 Å². The van der Waals surface area contributed by atoms with E-state index in [2.05, 4.69) is 14.7 Å².